The number of carboxylic acid groups (broad SMARTS) is 1. The molecule has 0 unspecified atom stereocenters. The fourth-order valence-corrected chi connectivity index (χ4v) is 1.89. The van der Waals surface area contributed by atoms with Gasteiger partial charge in [-0.15, -0.1) is 0 Å². The number of likely N-dealkylation sites (N-methyl/N-ethyl adjacent to an activating group) is 1. The molecule has 1 rings (SSSR count). The first-order valence-electron chi connectivity index (χ1n) is 5.26. The average Bonchev–Trinajstić information content (AvgIpc) is 2.30. The Morgan fingerprint density at radius 3 is 2.67 bits per heavy atom. The third-order valence-corrected chi connectivity index (χ3v) is 3.33. The smallest absolute Gasteiger partial charge is 0.320 e. The van der Waals surface area contributed by atoms with Crippen LogP contribution in [-0.2, 0) is 16.0 Å². The monoisotopic (exact) mass is 287 g/mol. The maximum atomic E-state index is 11.2. The summed E-state index contributed by atoms with van der Waals surface area (Å²) in [5.41, 5.74) is 0.759. The van der Waals surface area contributed by atoms with Gasteiger partial charge < -0.3 is 14.7 Å². The number of hydrogen-bond acceptors (Lipinski definition) is 3. The molecule has 0 aromatic heterocycles. The summed E-state index contributed by atoms with van der Waals surface area (Å²) in [4.78, 5) is 23.0. The summed E-state index contributed by atoms with van der Waals surface area (Å²) >= 11 is 11.7. The van der Waals surface area contributed by atoms with E-state index >= 15 is 0 Å². The molecule has 0 saturated heterocycles. The minimum Gasteiger partial charge on any atom is -0.480 e. The van der Waals surface area contributed by atoms with Gasteiger partial charge in [0, 0.05) is 0 Å². The number of aliphatic carboxylic acids is 1. The van der Waals surface area contributed by atoms with Crippen LogP contribution in [0, 0.1) is 0 Å². The Labute approximate surface area is 116 Å². The number of halogens is 2. The van der Waals surface area contributed by atoms with Crippen LogP contribution in [0.5, 0.6) is 0 Å². The third kappa shape index (κ3) is 4.01. The molecule has 96 valence electrons. The first-order chi connectivity index (χ1) is 8.45. The van der Waals surface area contributed by atoms with Crippen LogP contribution in [0.3, 0.4) is 0 Å². The number of carboxylic acids is 1. The molecule has 4 nitrogen and oxygen atoms in total. The van der Waals surface area contributed by atoms with Crippen molar-refractivity contribution in [2.75, 3.05) is 7.05 Å². The van der Waals surface area contributed by atoms with E-state index in [1.165, 1.54) is 4.81 Å². The minimum atomic E-state index is -0.981. The molecule has 18 heavy (non-hydrogen) atoms. The second-order valence-electron chi connectivity index (χ2n) is 3.91. The SMILES string of the molecule is CN(BC=O)[C@H](Cc1ccc(Cl)c(Cl)c1)C(=O)O. The van der Waals surface area contributed by atoms with Gasteiger partial charge in [-0.1, -0.05) is 29.3 Å². The molecule has 0 aliphatic rings. The lowest BCUT2D eigenvalue weighted by Gasteiger charge is -2.22. The highest BCUT2D eigenvalue weighted by molar-refractivity contribution is 6.64. The number of nitrogens with zero attached hydrogens (tertiary/aromatic N) is 1. The molecule has 0 radical (unpaired) electrons. The van der Waals surface area contributed by atoms with Crippen LogP contribution < -0.4 is 0 Å². The Bertz CT molecular complexity index is 456. The first kappa shape index (κ1) is 15.0. The fourth-order valence-electron chi connectivity index (χ4n) is 1.57. The highest BCUT2D eigenvalue weighted by Crippen LogP contribution is 2.23. The third-order valence-electron chi connectivity index (χ3n) is 2.59. The van der Waals surface area contributed by atoms with E-state index in [0.29, 0.717) is 16.2 Å². The summed E-state index contributed by atoms with van der Waals surface area (Å²) in [6.45, 7) is 0. The van der Waals surface area contributed by atoms with E-state index in [4.69, 9.17) is 28.3 Å². The van der Waals surface area contributed by atoms with Crippen molar-refractivity contribution in [3.05, 3.63) is 33.8 Å². The van der Waals surface area contributed by atoms with Crippen LogP contribution in [0.2, 0.25) is 10.0 Å². The van der Waals surface area contributed by atoms with Gasteiger partial charge in [-0.3, -0.25) is 4.79 Å². The van der Waals surface area contributed by atoms with Crippen molar-refractivity contribution >= 4 is 42.8 Å². The molecule has 7 heteroatoms. The van der Waals surface area contributed by atoms with Gasteiger partial charge in [-0.05, 0) is 31.2 Å². The zero-order chi connectivity index (χ0) is 13.7. The largest absolute Gasteiger partial charge is 0.480 e. The standard InChI is InChI=1S/C11H12BCl2NO3/c1-15(12-6-16)10(11(17)18)5-7-2-3-8(13)9(14)4-7/h2-4,6,10,12H,5H2,1H3,(H,17,18)/t10-/m1/s1. The summed E-state index contributed by atoms with van der Waals surface area (Å²) in [6, 6.07) is 4.21. The Kier molecular flexibility index (Phi) is 5.66. The van der Waals surface area contributed by atoms with Crippen molar-refractivity contribution < 1.29 is 14.7 Å². The summed E-state index contributed by atoms with van der Waals surface area (Å²) in [5, 5.41) is 9.95. The average molecular weight is 288 g/mol. The Balaban J connectivity index is 2.86. The van der Waals surface area contributed by atoms with Crippen LogP contribution in [0.1, 0.15) is 5.56 Å². The quantitative estimate of drug-likeness (QED) is 0.636. The van der Waals surface area contributed by atoms with E-state index in [9.17, 15) is 9.59 Å². The van der Waals surface area contributed by atoms with E-state index < -0.39 is 12.0 Å². The Hall–Kier alpha value is -1.04. The predicted octanol–water partition coefficient (Wildman–Crippen LogP) is 1.46. The van der Waals surface area contributed by atoms with Gasteiger partial charge in [0.15, 0.2) is 0 Å². The summed E-state index contributed by atoms with van der Waals surface area (Å²) in [6.07, 6.45) is 0.932. The molecular weight excluding hydrogens is 276 g/mol. The first-order valence-corrected chi connectivity index (χ1v) is 6.02. The normalized spacial score (nSPS) is 12.2. The van der Waals surface area contributed by atoms with Crippen LogP contribution in [-0.4, -0.2) is 42.6 Å². The molecule has 0 aliphatic heterocycles. The summed E-state index contributed by atoms with van der Waals surface area (Å²) in [7, 11) is 1.66. The highest BCUT2D eigenvalue weighted by Gasteiger charge is 2.23. The molecular formula is C11H12BCl2NO3. The maximum absolute atomic E-state index is 11.2. The number of rotatable bonds is 6. The van der Waals surface area contributed by atoms with Crippen molar-refractivity contribution in [3.63, 3.8) is 0 Å². The van der Waals surface area contributed by atoms with Crippen LogP contribution in [0.25, 0.3) is 0 Å². The predicted molar refractivity (Wildman–Crippen MR) is 73.3 cm³/mol. The fraction of sp³-hybridized carbons (Fsp3) is 0.273. The molecule has 1 atom stereocenters. The van der Waals surface area contributed by atoms with Gasteiger partial charge in [0.1, 0.15) is 6.04 Å². The van der Waals surface area contributed by atoms with E-state index in [-0.39, 0.29) is 13.8 Å². The second-order valence-corrected chi connectivity index (χ2v) is 4.73. The van der Waals surface area contributed by atoms with E-state index in [0.717, 1.165) is 5.56 Å². The molecule has 0 spiro atoms. The molecule has 0 fully saturated rings. The van der Waals surface area contributed by atoms with Crippen molar-refractivity contribution in [1.82, 2.24) is 4.81 Å². The van der Waals surface area contributed by atoms with Gasteiger partial charge >= 0.3 is 5.97 Å². The van der Waals surface area contributed by atoms with Crippen LogP contribution >= 0.6 is 23.2 Å². The van der Waals surface area contributed by atoms with Crippen molar-refractivity contribution in [3.8, 4) is 0 Å². The van der Waals surface area contributed by atoms with Gasteiger partial charge in [-0.2, -0.15) is 0 Å². The van der Waals surface area contributed by atoms with Gasteiger partial charge in [0.05, 0.1) is 16.2 Å². The summed E-state index contributed by atoms with van der Waals surface area (Å²) < 4.78 is 0. The molecule has 0 bridgehead atoms. The molecule has 1 aromatic rings. The molecule has 0 saturated carbocycles. The van der Waals surface area contributed by atoms with Crippen LogP contribution in [0.4, 0.5) is 0 Å². The van der Waals surface area contributed by atoms with Crippen LogP contribution in [0.15, 0.2) is 18.2 Å². The van der Waals surface area contributed by atoms with Gasteiger partial charge in [0.2, 0.25) is 0 Å². The zero-order valence-electron chi connectivity index (χ0n) is 9.77. The molecule has 1 aromatic carbocycles. The molecule has 0 amide bonds. The number of benzene rings is 1. The topological polar surface area (TPSA) is 57.6 Å². The van der Waals surface area contributed by atoms with E-state index in [1.807, 2.05) is 0 Å². The van der Waals surface area contributed by atoms with Crippen molar-refractivity contribution in [2.24, 2.45) is 0 Å². The molecule has 0 heterocycles. The lowest BCUT2D eigenvalue weighted by atomic mass is 9.90. The number of hydrogen-bond donors (Lipinski definition) is 1. The Morgan fingerprint density at radius 1 is 1.50 bits per heavy atom. The molecule has 0 aliphatic carbocycles. The highest BCUT2D eigenvalue weighted by atomic mass is 35.5. The second kappa shape index (κ2) is 6.78. The van der Waals surface area contributed by atoms with Gasteiger partial charge in [-0.25, -0.2) is 0 Å². The number of carbonyl (C=O) groups is 2. The van der Waals surface area contributed by atoms with Gasteiger partial charge in [0.25, 0.3) is 7.41 Å². The minimum absolute atomic E-state index is 0.0677. The zero-order valence-corrected chi connectivity index (χ0v) is 11.3. The maximum Gasteiger partial charge on any atom is 0.320 e. The lowest BCUT2D eigenvalue weighted by molar-refractivity contribution is -0.141. The van der Waals surface area contributed by atoms with Crippen molar-refractivity contribution in [2.45, 2.75) is 12.5 Å². The van der Waals surface area contributed by atoms with E-state index in [2.05, 4.69) is 0 Å². The Morgan fingerprint density at radius 2 is 2.17 bits per heavy atom. The lowest BCUT2D eigenvalue weighted by Crippen LogP contribution is -2.42. The molecule has 1 N–H and O–H groups in total. The van der Waals surface area contributed by atoms with Crippen molar-refractivity contribution in [1.29, 1.82) is 0 Å². The number of carbonyl (C=O) groups excluding carboxylic acids is 1. The summed E-state index contributed by atoms with van der Waals surface area (Å²) in [5.74, 6) is -0.981. The van der Waals surface area contributed by atoms with E-state index in [1.54, 1.807) is 25.2 Å².